The number of carbonyl (C=O) groups excluding carboxylic acids is 2. The lowest BCUT2D eigenvalue weighted by molar-refractivity contribution is -0.138. The largest absolute Gasteiger partial charge is 0.491 e. The van der Waals surface area contributed by atoms with Crippen LogP contribution in [0, 0.1) is 5.41 Å². The van der Waals surface area contributed by atoms with E-state index in [2.05, 4.69) is 22.8 Å². The molecule has 0 unspecified atom stereocenters. The molecule has 0 aromatic heterocycles. The van der Waals surface area contributed by atoms with Crippen molar-refractivity contribution in [3.05, 3.63) is 60.2 Å². The first-order valence-electron chi connectivity index (χ1n) is 9.69. The molecule has 0 bridgehead atoms. The van der Waals surface area contributed by atoms with Crippen molar-refractivity contribution in [2.75, 3.05) is 11.9 Å². The van der Waals surface area contributed by atoms with Gasteiger partial charge >= 0.3 is 0 Å². The molecule has 0 atom stereocenters. The third-order valence-corrected chi connectivity index (χ3v) is 4.39. The van der Waals surface area contributed by atoms with Crippen LogP contribution in [-0.2, 0) is 16.0 Å². The third-order valence-electron chi connectivity index (χ3n) is 4.39. The van der Waals surface area contributed by atoms with Crippen LogP contribution in [0.15, 0.2) is 54.6 Å². The molecule has 0 saturated carbocycles. The molecule has 0 saturated heterocycles. The lowest BCUT2D eigenvalue weighted by Gasteiger charge is -2.23. The number of anilines is 1. The highest BCUT2D eigenvalue weighted by Gasteiger charge is 2.35. The van der Waals surface area contributed by atoms with Crippen LogP contribution in [0.1, 0.15) is 39.7 Å². The first-order chi connectivity index (χ1) is 13.3. The van der Waals surface area contributed by atoms with E-state index in [-0.39, 0.29) is 17.9 Å². The van der Waals surface area contributed by atoms with Gasteiger partial charge < -0.3 is 15.4 Å². The standard InChI is InChI=1S/C23H30N2O3/c1-17(2)28-20-14-12-19(13-15-20)25-22(27)23(3,4)21(26)24-16-8-11-18-9-6-5-7-10-18/h5-7,9-10,12-15,17H,8,11,16H2,1-4H3,(H,24,26)(H,25,27). The number of carbonyl (C=O) groups is 2. The maximum absolute atomic E-state index is 12.6. The van der Waals surface area contributed by atoms with Crippen molar-refractivity contribution in [2.45, 2.75) is 46.6 Å². The number of hydrogen-bond acceptors (Lipinski definition) is 3. The summed E-state index contributed by atoms with van der Waals surface area (Å²) in [5.74, 6) is 0.117. The van der Waals surface area contributed by atoms with E-state index in [9.17, 15) is 9.59 Å². The Hall–Kier alpha value is -2.82. The summed E-state index contributed by atoms with van der Waals surface area (Å²) >= 11 is 0. The zero-order valence-electron chi connectivity index (χ0n) is 17.1. The molecule has 150 valence electrons. The van der Waals surface area contributed by atoms with E-state index < -0.39 is 5.41 Å². The topological polar surface area (TPSA) is 67.4 Å². The van der Waals surface area contributed by atoms with Gasteiger partial charge in [-0.15, -0.1) is 0 Å². The highest BCUT2D eigenvalue weighted by Crippen LogP contribution is 2.21. The maximum Gasteiger partial charge on any atom is 0.239 e. The van der Waals surface area contributed by atoms with E-state index in [1.165, 1.54) is 5.56 Å². The molecule has 0 fully saturated rings. The molecule has 5 nitrogen and oxygen atoms in total. The number of benzene rings is 2. The molecule has 2 amide bonds. The second-order valence-corrected chi connectivity index (χ2v) is 7.62. The van der Waals surface area contributed by atoms with Crippen LogP contribution in [0.25, 0.3) is 0 Å². The Kier molecular flexibility index (Phi) is 7.61. The fraction of sp³-hybridized carbons (Fsp3) is 0.391. The first-order valence-corrected chi connectivity index (χ1v) is 9.69. The van der Waals surface area contributed by atoms with Gasteiger partial charge in [0.2, 0.25) is 11.8 Å². The van der Waals surface area contributed by atoms with Crippen LogP contribution in [-0.4, -0.2) is 24.5 Å². The summed E-state index contributed by atoms with van der Waals surface area (Å²) in [5.41, 5.74) is 0.699. The van der Waals surface area contributed by atoms with Crippen LogP contribution < -0.4 is 15.4 Å². The van der Waals surface area contributed by atoms with Crippen molar-refractivity contribution >= 4 is 17.5 Å². The minimum Gasteiger partial charge on any atom is -0.491 e. The molecule has 0 spiro atoms. The summed E-state index contributed by atoms with van der Waals surface area (Å²) in [6.07, 6.45) is 1.80. The lowest BCUT2D eigenvalue weighted by Crippen LogP contribution is -2.45. The fourth-order valence-corrected chi connectivity index (χ4v) is 2.64. The second kappa shape index (κ2) is 9.93. The van der Waals surface area contributed by atoms with Gasteiger partial charge in [-0.05, 0) is 70.4 Å². The predicted molar refractivity (Wildman–Crippen MR) is 112 cm³/mol. The monoisotopic (exact) mass is 382 g/mol. The van der Waals surface area contributed by atoms with Crippen LogP contribution >= 0.6 is 0 Å². The van der Waals surface area contributed by atoms with Crippen molar-refractivity contribution in [3.63, 3.8) is 0 Å². The van der Waals surface area contributed by atoms with Gasteiger partial charge in [0.05, 0.1) is 6.10 Å². The normalized spacial score (nSPS) is 11.2. The third kappa shape index (κ3) is 6.41. The molecular weight excluding hydrogens is 352 g/mol. The Morgan fingerprint density at radius 1 is 0.964 bits per heavy atom. The van der Waals surface area contributed by atoms with Crippen LogP contribution in [0.4, 0.5) is 5.69 Å². The molecule has 0 aliphatic heterocycles. The van der Waals surface area contributed by atoms with E-state index in [0.29, 0.717) is 12.2 Å². The Balaban J connectivity index is 1.82. The van der Waals surface area contributed by atoms with Crippen LogP contribution in [0.2, 0.25) is 0 Å². The van der Waals surface area contributed by atoms with Crippen LogP contribution in [0.3, 0.4) is 0 Å². The number of nitrogens with one attached hydrogen (secondary N) is 2. The zero-order chi connectivity index (χ0) is 20.6. The predicted octanol–water partition coefficient (Wildman–Crippen LogP) is 4.19. The van der Waals surface area contributed by atoms with Gasteiger partial charge in [0.1, 0.15) is 11.2 Å². The van der Waals surface area contributed by atoms with Gasteiger partial charge in [-0.1, -0.05) is 30.3 Å². The van der Waals surface area contributed by atoms with Gasteiger partial charge in [0.15, 0.2) is 0 Å². The smallest absolute Gasteiger partial charge is 0.239 e. The minimum absolute atomic E-state index is 0.0879. The molecular formula is C23H30N2O3. The van der Waals surface area contributed by atoms with Crippen LogP contribution in [0.5, 0.6) is 5.75 Å². The molecule has 2 aromatic rings. The van der Waals surface area contributed by atoms with E-state index in [0.717, 1.165) is 18.6 Å². The molecule has 0 aliphatic rings. The first kappa shape index (κ1) is 21.5. The van der Waals surface area contributed by atoms with E-state index >= 15 is 0 Å². The summed E-state index contributed by atoms with van der Waals surface area (Å²) in [6.45, 7) is 7.70. The fourth-order valence-electron chi connectivity index (χ4n) is 2.64. The number of hydrogen-bond donors (Lipinski definition) is 2. The Bertz CT molecular complexity index is 768. The number of aryl methyl sites for hydroxylation is 1. The van der Waals surface area contributed by atoms with Crippen molar-refractivity contribution in [3.8, 4) is 5.75 Å². The maximum atomic E-state index is 12.6. The van der Waals surface area contributed by atoms with E-state index in [1.54, 1.807) is 38.1 Å². The summed E-state index contributed by atoms with van der Waals surface area (Å²) in [5, 5.41) is 5.68. The van der Waals surface area contributed by atoms with Crippen molar-refractivity contribution in [1.29, 1.82) is 0 Å². The quantitative estimate of drug-likeness (QED) is 0.505. The zero-order valence-corrected chi connectivity index (χ0v) is 17.1. The minimum atomic E-state index is -1.17. The number of ether oxygens (including phenoxy) is 1. The SMILES string of the molecule is CC(C)Oc1ccc(NC(=O)C(C)(C)C(=O)NCCCc2ccccc2)cc1. The average molecular weight is 383 g/mol. The molecule has 0 radical (unpaired) electrons. The number of rotatable bonds is 9. The lowest BCUT2D eigenvalue weighted by atomic mass is 9.91. The van der Waals surface area contributed by atoms with Gasteiger partial charge in [0, 0.05) is 12.2 Å². The Morgan fingerprint density at radius 3 is 2.21 bits per heavy atom. The van der Waals surface area contributed by atoms with Gasteiger partial charge in [-0.25, -0.2) is 0 Å². The molecule has 28 heavy (non-hydrogen) atoms. The van der Waals surface area contributed by atoms with E-state index in [1.807, 2.05) is 32.0 Å². The molecule has 2 aromatic carbocycles. The van der Waals surface area contributed by atoms with Crippen molar-refractivity contribution in [1.82, 2.24) is 5.32 Å². The van der Waals surface area contributed by atoms with E-state index in [4.69, 9.17) is 4.74 Å². The summed E-state index contributed by atoms with van der Waals surface area (Å²) in [6, 6.07) is 17.3. The number of amides is 2. The Labute approximate surface area is 167 Å². The summed E-state index contributed by atoms with van der Waals surface area (Å²) < 4.78 is 5.59. The molecule has 0 heterocycles. The highest BCUT2D eigenvalue weighted by molar-refractivity contribution is 6.09. The van der Waals surface area contributed by atoms with Gasteiger partial charge in [-0.3, -0.25) is 9.59 Å². The van der Waals surface area contributed by atoms with Gasteiger partial charge in [-0.2, -0.15) is 0 Å². The summed E-state index contributed by atoms with van der Waals surface area (Å²) in [7, 11) is 0. The van der Waals surface area contributed by atoms with Gasteiger partial charge in [0.25, 0.3) is 0 Å². The highest BCUT2D eigenvalue weighted by atomic mass is 16.5. The second-order valence-electron chi connectivity index (χ2n) is 7.62. The Morgan fingerprint density at radius 2 is 1.61 bits per heavy atom. The molecule has 2 rings (SSSR count). The van der Waals surface area contributed by atoms with Crippen molar-refractivity contribution in [2.24, 2.45) is 5.41 Å². The molecule has 5 heteroatoms. The van der Waals surface area contributed by atoms with Crippen molar-refractivity contribution < 1.29 is 14.3 Å². The average Bonchev–Trinajstić information content (AvgIpc) is 2.67. The molecule has 2 N–H and O–H groups in total. The molecule has 0 aliphatic carbocycles. The summed E-state index contributed by atoms with van der Waals surface area (Å²) in [4.78, 5) is 25.1.